The van der Waals surface area contributed by atoms with E-state index >= 15 is 0 Å². The molecule has 15 heavy (non-hydrogen) atoms. The van der Waals surface area contributed by atoms with Crippen LogP contribution in [0.1, 0.15) is 27.7 Å². The van der Waals surface area contributed by atoms with Crippen LogP contribution < -0.4 is 10.6 Å². The minimum Gasteiger partial charge on any atom is -0.465 e. The number of likely N-dealkylation sites (N-methyl/N-ethyl adjacent to an activating group) is 1. The number of amides is 1. The van der Waals surface area contributed by atoms with Crippen molar-refractivity contribution in [3.8, 4) is 0 Å². The molecule has 0 aromatic rings. The van der Waals surface area contributed by atoms with Crippen molar-refractivity contribution in [1.29, 1.82) is 0 Å². The van der Waals surface area contributed by atoms with Gasteiger partial charge in [0.1, 0.15) is 6.54 Å². The van der Waals surface area contributed by atoms with Gasteiger partial charge in [0, 0.05) is 0 Å². The van der Waals surface area contributed by atoms with Crippen molar-refractivity contribution in [3.05, 3.63) is 0 Å². The Morgan fingerprint density at radius 2 is 1.87 bits per heavy atom. The van der Waals surface area contributed by atoms with Gasteiger partial charge in [-0.1, -0.05) is 6.92 Å². The number of ether oxygens (including phenoxy) is 1. The summed E-state index contributed by atoms with van der Waals surface area (Å²) in [5, 5.41) is 5.53. The maximum atomic E-state index is 11.6. The predicted molar refractivity (Wildman–Crippen MR) is 57.4 cm³/mol. The van der Waals surface area contributed by atoms with E-state index in [-0.39, 0.29) is 12.5 Å². The Bertz CT molecular complexity index is 227. The second kappa shape index (κ2) is 6.40. The number of nitrogens with one attached hydrogen (secondary N) is 2. The van der Waals surface area contributed by atoms with Gasteiger partial charge >= 0.3 is 5.97 Å². The highest BCUT2D eigenvalue weighted by molar-refractivity contribution is 5.88. The van der Waals surface area contributed by atoms with Crippen molar-refractivity contribution < 1.29 is 14.3 Å². The molecule has 0 aliphatic carbocycles. The summed E-state index contributed by atoms with van der Waals surface area (Å²) in [7, 11) is 0. The standard InChI is InChI=1S/C10H20N2O3/c1-5-12-10(3,4)9(14)11-7-8(13)15-6-2/h12H,5-7H2,1-4H3,(H,11,14). The molecule has 0 fully saturated rings. The summed E-state index contributed by atoms with van der Waals surface area (Å²) in [5.41, 5.74) is -0.665. The van der Waals surface area contributed by atoms with Gasteiger partial charge in [0.15, 0.2) is 0 Å². The van der Waals surface area contributed by atoms with Gasteiger partial charge in [0.05, 0.1) is 12.1 Å². The average Bonchev–Trinajstić information content (AvgIpc) is 2.14. The van der Waals surface area contributed by atoms with E-state index in [9.17, 15) is 9.59 Å². The van der Waals surface area contributed by atoms with Crippen LogP contribution in [0.15, 0.2) is 0 Å². The van der Waals surface area contributed by atoms with E-state index in [1.54, 1.807) is 20.8 Å². The molecule has 0 unspecified atom stereocenters. The highest BCUT2D eigenvalue weighted by atomic mass is 16.5. The average molecular weight is 216 g/mol. The zero-order valence-electron chi connectivity index (χ0n) is 9.85. The van der Waals surface area contributed by atoms with Crippen LogP contribution in [0.25, 0.3) is 0 Å². The van der Waals surface area contributed by atoms with E-state index in [0.29, 0.717) is 13.2 Å². The molecule has 0 aliphatic rings. The molecule has 0 bridgehead atoms. The molecule has 0 rings (SSSR count). The lowest BCUT2D eigenvalue weighted by molar-refractivity contribution is -0.144. The van der Waals surface area contributed by atoms with E-state index in [1.165, 1.54) is 0 Å². The highest BCUT2D eigenvalue weighted by Crippen LogP contribution is 2.00. The number of rotatable bonds is 6. The molecule has 5 heteroatoms. The number of hydrogen-bond donors (Lipinski definition) is 2. The molecule has 0 aromatic heterocycles. The SMILES string of the molecule is CCNC(C)(C)C(=O)NCC(=O)OCC. The van der Waals surface area contributed by atoms with Crippen LogP contribution in [0.4, 0.5) is 0 Å². The summed E-state index contributed by atoms with van der Waals surface area (Å²) in [6.07, 6.45) is 0. The first kappa shape index (κ1) is 13.9. The number of carbonyl (C=O) groups is 2. The van der Waals surface area contributed by atoms with Crippen molar-refractivity contribution in [2.24, 2.45) is 0 Å². The molecule has 0 spiro atoms. The summed E-state index contributed by atoms with van der Waals surface area (Å²) in [5.74, 6) is -0.629. The minimum atomic E-state index is -0.665. The zero-order valence-corrected chi connectivity index (χ0v) is 9.85. The summed E-state index contributed by atoms with van der Waals surface area (Å²) < 4.78 is 4.69. The first-order valence-corrected chi connectivity index (χ1v) is 5.13. The normalized spacial score (nSPS) is 10.9. The fourth-order valence-corrected chi connectivity index (χ4v) is 1.11. The van der Waals surface area contributed by atoms with Crippen molar-refractivity contribution in [2.75, 3.05) is 19.7 Å². The van der Waals surface area contributed by atoms with E-state index in [4.69, 9.17) is 4.74 Å². The fourth-order valence-electron chi connectivity index (χ4n) is 1.11. The van der Waals surface area contributed by atoms with E-state index in [2.05, 4.69) is 10.6 Å². The highest BCUT2D eigenvalue weighted by Gasteiger charge is 2.26. The molecule has 0 radical (unpaired) electrons. The second-order valence-corrected chi connectivity index (χ2v) is 3.64. The van der Waals surface area contributed by atoms with Crippen LogP contribution in [-0.2, 0) is 14.3 Å². The van der Waals surface area contributed by atoms with Crippen molar-refractivity contribution >= 4 is 11.9 Å². The van der Waals surface area contributed by atoms with E-state index < -0.39 is 11.5 Å². The van der Waals surface area contributed by atoms with Crippen LogP contribution in [-0.4, -0.2) is 37.1 Å². The Hall–Kier alpha value is -1.10. The van der Waals surface area contributed by atoms with Gasteiger partial charge in [0.2, 0.25) is 5.91 Å². The summed E-state index contributed by atoms with van der Waals surface area (Å²) in [6.45, 7) is 8.10. The molecular weight excluding hydrogens is 196 g/mol. The molecule has 0 atom stereocenters. The molecule has 2 N–H and O–H groups in total. The molecule has 88 valence electrons. The van der Waals surface area contributed by atoms with Gasteiger partial charge in [-0.05, 0) is 27.3 Å². The Kier molecular flexibility index (Phi) is 5.93. The lowest BCUT2D eigenvalue weighted by Crippen LogP contribution is -2.53. The van der Waals surface area contributed by atoms with Crippen molar-refractivity contribution in [2.45, 2.75) is 33.2 Å². The van der Waals surface area contributed by atoms with Gasteiger partial charge in [-0.3, -0.25) is 9.59 Å². The lowest BCUT2D eigenvalue weighted by Gasteiger charge is -2.24. The Balaban J connectivity index is 3.97. The zero-order chi connectivity index (χ0) is 11.9. The maximum Gasteiger partial charge on any atom is 0.325 e. The Labute approximate surface area is 90.6 Å². The molecule has 0 saturated carbocycles. The number of hydrogen-bond acceptors (Lipinski definition) is 4. The number of carbonyl (C=O) groups excluding carboxylic acids is 2. The third kappa shape index (κ3) is 5.37. The monoisotopic (exact) mass is 216 g/mol. The molecule has 0 aromatic carbocycles. The lowest BCUT2D eigenvalue weighted by atomic mass is 10.0. The predicted octanol–water partition coefficient (Wildman–Crippen LogP) is 0.0538. The molecule has 0 aliphatic heterocycles. The topological polar surface area (TPSA) is 67.4 Å². The molecular formula is C10H20N2O3. The molecule has 0 saturated heterocycles. The minimum absolute atomic E-state index is 0.0818. The van der Waals surface area contributed by atoms with Gasteiger partial charge in [-0.2, -0.15) is 0 Å². The third-order valence-corrected chi connectivity index (χ3v) is 1.88. The summed E-state index contributed by atoms with van der Waals surface area (Å²) >= 11 is 0. The van der Waals surface area contributed by atoms with E-state index in [0.717, 1.165) is 0 Å². The second-order valence-electron chi connectivity index (χ2n) is 3.64. The third-order valence-electron chi connectivity index (χ3n) is 1.88. The first-order valence-electron chi connectivity index (χ1n) is 5.13. The van der Waals surface area contributed by atoms with Gasteiger partial charge < -0.3 is 15.4 Å². The van der Waals surface area contributed by atoms with E-state index in [1.807, 2.05) is 6.92 Å². The largest absolute Gasteiger partial charge is 0.465 e. The summed E-state index contributed by atoms with van der Waals surface area (Å²) in [6, 6.07) is 0. The van der Waals surface area contributed by atoms with Crippen LogP contribution in [0.5, 0.6) is 0 Å². The van der Waals surface area contributed by atoms with Crippen LogP contribution in [0.3, 0.4) is 0 Å². The van der Waals surface area contributed by atoms with Gasteiger partial charge in [-0.15, -0.1) is 0 Å². The summed E-state index contributed by atoms with van der Waals surface area (Å²) in [4.78, 5) is 22.6. The molecule has 0 heterocycles. The smallest absolute Gasteiger partial charge is 0.325 e. The quantitative estimate of drug-likeness (QED) is 0.616. The molecule has 1 amide bonds. The number of esters is 1. The molecule has 5 nitrogen and oxygen atoms in total. The Morgan fingerprint density at radius 1 is 1.27 bits per heavy atom. The van der Waals surface area contributed by atoms with Gasteiger partial charge in [-0.25, -0.2) is 0 Å². The van der Waals surface area contributed by atoms with Crippen LogP contribution in [0, 0.1) is 0 Å². The van der Waals surface area contributed by atoms with Crippen molar-refractivity contribution in [3.63, 3.8) is 0 Å². The van der Waals surface area contributed by atoms with Gasteiger partial charge in [0.25, 0.3) is 0 Å². The van der Waals surface area contributed by atoms with Crippen molar-refractivity contribution in [1.82, 2.24) is 10.6 Å². The van der Waals surface area contributed by atoms with Crippen LogP contribution in [0.2, 0.25) is 0 Å². The first-order chi connectivity index (χ1) is 6.94. The van der Waals surface area contributed by atoms with Crippen LogP contribution >= 0.6 is 0 Å². The maximum absolute atomic E-state index is 11.6. The fraction of sp³-hybridized carbons (Fsp3) is 0.800. The Morgan fingerprint density at radius 3 is 2.33 bits per heavy atom.